The Morgan fingerprint density at radius 2 is 2.12 bits per heavy atom. The number of nitrogens with one attached hydrogen (secondary N) is 1. The lowest BCUT2D eigenvalue weighted by Gasteiger charge is -2.34. The summed E-state index contributed by atoms with van der Waals surface area (Å²) in [6, 6.07) is -0.188. The van der Waals surface area contributed by atoms with Crippen molar-refractivity contribution in [1.29, 1.82) is 0 Å². The van der Waals surface area contributed by atoms with Crippen LogP contribution in [0.1, 0.15) is 20.3 Å². The van der Waals surface area contributed by atoms with Crippen LogP contribution in [0.3, 0.4) is 0 Å². The maximum atomic E-state index is 11.4. The Morgan fingerprint density at radius 3 is 2.75 bits per heavy atom. The second-order valence-corrected chi connectivity index (χ2v) is 7.81. The average molecular weight is 360 g/mol. The van der Waals surface area contributed by atoms with Crippen LogP contribution in [0.5, 0.6) is 0 Å². The van der Waals surface area contributed by atoms with Crippen LogP contribution in [0.2, 0.25) is 0 Å². The first-order chi connectivity index (χ1) is 11.1. The molecule has 9 nitrogen and oxygen atoms in total. The minimum atomic E-state index is -4.56. The van der Waals surface area contributed by atoms with Gasteiger partial charge in [0.05, 0.1) is 18.8 Å². The molecule has 2 aliphatic heterocycles. The third kappa shape index (κ3) is 3.56. The number of rotatable bonds is 4. The highest BCUT2D eigenvalue weighted by atomic mass is 31.2. The molecule has 0 spiro atoms. The van der Waals surface area contributed by atoms with Crippen molar-refractivity contribution >= 4 is 13.7 Å². The smallest absolute Gasteiger partial charge is 0.344 e. The first-order valence-electron chi connectivity index (χ1n) is 7.58. The zero-order valence-corrected chi connectivity index (χ0v) is 14.3. The Morgan fingerprint density at radius 1 is 1.46 bits per heavy atom. The van der Waals surface area contributed by atoms with Crippen molar-refractivity contribution < 1.29 is 33.1 Å². The summed E-state index contributed by atoms with van der Waals surface area (Å²) in [5.41, 5.74) is 0. The Balaban J connectivity index is 1.80. The summed E-state index contributed by atoms with van der Waals surface area (Å²) in [5, 5.41) is 2.63. The van der Waals surface area contributed by atoms with Gasteiger partial charge >= 0.3 is 7.82 Å². The molecular weight excluding hydrogens is 339 g/mol. The number of carbonyl (C=O) groups is 1. The van der Waals surface area contributed by atoms with Crippen molar-refractivity contribution in [2.75, 3.05) is 6.61 Å². The van der Waals surface area contributed by atoms with E-state index in [9.17, 15) is 9.36 Å². The molecule has 0 bridgehead atoms. The Kier molecular flexibility index (Phi) is 4.36. The van der Waals surface area contributed by atoms with Gasteiger partial charge in [0, 0.05) is 18.2 Å². The fourth-order valence-corrected chi connectivity index (χ4v) is 3.87. The number of fused-ring (bicyclic) bond motifs is 1. The lowest BCUT2D eigenvalue weighted by Crippen LogP contribution is -2.45. The van der Waals surface area contributed by atoms with Crippen LogP contribution in [-0.2, 0) is 23.4 Å². The van der Waals surface area contributed by atoms with Gasteiger partial charge in [-0.1, -0.05) is 6.58 Å². The summed E-state index contributed by atoms with van der Waals surface area (Å²) in [6.07, 6.45) is 2.84. The van der Waals surface area contributed by atoms with Gasteiger partial charge in [-0.15, -0.1) is 0 Å². The number of hydrogen-bond donors (Lipinski definition) is 3. The Hall–Kier alpha value is -1.22. The number of carbonyl (C=O) groups excluding carboxylic acids is 1. The number of hydrogen-bond acceptors (Lipinski definition) is 6. The molecule has 3 rings (SSSR count). The molecule has 0 aromatic carbocycles. The van der Waals surface area contributed by atoms with Crippen molar-refractivity contribution in [1.82, 2.24) is 10.2 Å². The van der Waals surface area contributed by atoms with Crippen LogP contribution < -0.4 is 5.32 Å². The van der Waals surface area contributed by atoms with Gasteiger partial charge in [-0.05, 0) is 20.3 Å². The fraction of sp³-hybridized carbons (Fsp3) is 0.643. The number of nitrogens with zero attached hydrogens (tertiary/aromatic N) is 1. The molecule has 134 valence electrons. The summed E-state index contributed by atoms with van der Waals surface area (Å²) in [4.78, 5) is 31.1. The summed E-state index contributed by atoms with van der Waals surface area (Å²) in [6.45, 7) is 7.27. The second-order valence-electron chi connectivity index (χ2n) is 6.57. The molecule has 1 saturated carbocycles. The standard InChI is InChI=1S/C14H21N2O7P/c1-8-15-11(17)4-5-16(8)10-6-9(7-21-24(18,19)20)12-13(10)23-14(2,3)22-12/h4-5,9-10,12-13H,1,6-7H2,2-3H3,(H,15,17)(H2,18,19,20)/t9?,10-,12-,13?/m1/s1. The van der Waals surface area contributed by atoms with E-state index >= 15 is 0 Å². The maximum Gasteiger partial charge on any atom is 0.469 e. The SMILES string of the molecule is C=C1NC(=O)C=CN1[C@@H]1CC(COP(=O)(O)O)[C@H]2OC(C)(C)OC21. The fourth-order valence-electron chi connectivity index (χ4n) is 3.48. The van der Waals surface area contributed by atoms with Crippen LogP contribution >= 0.6 is 7.82 Å². The normalized spacial score (nSPS) is 35.2. The molecule has 0 radical (unpaired) electrons. The molecule has 0 aromatic rings. The minimum Gasteiger partial charge on any atom is -0.344 e. The van der Waals surface area contributed by atoms with Crippen molar-refractivity contribution in [2.45, 2.75) is 44.3 Å². The molecule has 0 aromatic heterocycles. The number of phosphoric acid groups is 1. The van der Waals surface area contributed by atoms with Crippen LogP contribution in [0.4, 0.5) is 0 Å². The van der Waals surface area contributed by atoms with E-state index in [-0.39, 0.29) is 36.7 Å². The van der Waals surface area contributed by atoms with Gasteiger partial charge in [0.2, 0.25) is 0 Å². The molecular formula is C14H21N2O7P. The van der Waals surface area contributed by atoms with Gasteiger partial charge in [0.15, 0.2) is 5.79 Å². The third-order valence-electron chi connectivity index (χ3n) is 4.33. The van der Waals surface area contributed by atoms with Crippen molar-refractivity contribution in [2.24, 2.45) is 5.92 Å². The van der Waals surface area contributed by atoms with Gasteiger partial charge in [-0.25, -0.2) is 4.57 Å². The maximum absolute atomic E-state index is 11.4. The molecule has 24 heavy (non-hydrogen) atoms. The zero-order chi connectivity index (χ0) is 17.7. The highest BCUT2D eigenvalue weighted by molar-refractivity contribution is 7.46. The quantitative estimate of drug-likeness (QED) is 0.618. The lowest BCUT2D eigenvalue weighted by atomic mass is 10.1. The Labute approximate surface area is 139 Å². The van der Waals surface area contributed by atoms with E-state index in [2.05, 4.69) is 16.4 Å². The van der Waals surface area contributed by atoms with Crippen molar-refractivity contribution in [3.05, 3.63) is 24.7 Å². The van der Waals surface area contributed by atoms with Crippen molar-refractivity contribution in [3.63, 3.8) is 0 Å². The van der Waals surface area contributed by atoms with E-state index in [4.69, 9.17) is 19.3 Å². The van der Waals surface area contributed by atoms with E-state index in [1.807, 2.05) is 0 Å². The number of phosphoric ester groups is 1. The predicted molar refractivity (Wildman–Crippen MR) is 82.0 cm³/mol. The van der Waals surface area contributed by atoms with Crippen LogP contribution in [-0.4, -0.2) is 51.2 Å². The van der Waals surface area contributed by atoms with Crippen molar-refractivity contribution in [3.8, 4) is 0 Å². The van der Waals surface area contributed by atoms with E-state index < -0.39 is 13.6 Å². The van der Waals surface area contributed by atoms with Crippen LogP contribution in [0.15, 0.2) is 24.7 Å². The molecule has 1 aliphatic carbocycles. The molecule has 2 unspecified atom stereocenters. The molecule has 10 heteroatoms. The monoisotopic (exact) mass is 360 g/mol. The second kappa shape index (κ2) is 5.94. The summed E-state index contributed by atoms with van der Waals surface area (Å²) in [5.74, 6) is -0.890. The molecule has 2 heterocycles. The van der Waals surface area contributed by atoms with E-state index in [1.54, 1.807) is 24.9 Å². The van der Waals surface area contributed by atoms with Gasteiger partial charge < -0.3 is 29.5 Å². The summed E-state index contributed by atoms with van der Waals surface area (Å²) in [7, 11) is -4.56. The van der Waals surface area contributed by atoms with Gasteiger partial charge in [-0.2, -0.15) is 0 Å². The molecule has 3 aliphatic rings. The molecule has 1 amide bonds. The average Bonchev–Trinajstić information content (AvgIpc) is 2.90. The molecule has 4 atom stereocenters. The number of ether oxygens (including phenoxy) is 2. The zero-order valence-electron chi connectivity index (χ0n) is 13.4. The highest BCUT2D eigenvalue weighted by Crippen LogP contribution is 2.46. The van der Waals surface area contributed by atoms with E-state index in [1.165, 1.54) is 6.08 Å². The number of amides is 1. The first kappa shape index (κ1) is 17.6. The topological polar surface area (TPSA) is 118 Å². The van der Waals surface area contributed by atoms with Crippen LogP contribution in [0.25, 0.3) is 0 Å². The lowest BCUT2D eigenvalue weighted by molar-refractivity contribution is -0.162. The van der Waals surface area contributed by atoms with E-state index in [0.717, 1.165) is 0 Å². The largest absolute Gasteiger partial charge is 0.469 e. The van der Waals surface area contributed by atoms with E-state index in [0.29, 0.717) is 12.2 Å². The summed E-state index contributed by atoms with van der Waals surface area (Å²) >= 11 is 0. The minimum absolute atomic E-state index is 0.141. The molecule has 3 N–H and O–H groups in total. The van der Waals surface area contributed by atoms with Gasteiger partial charge in [0.25, 0.3) is 5.91 Å². The van der Waals surface area contributed by atoms with Crippen LogP contribution in [0, 0.1) is 5.92 Å². The first-order valence-corrected chi connectivity index (χ1v) is 9.11. The van der Waals surface area contributed by atoms with Gasteiger partial charge in [0.1, 0.15) is 11.9 Å². The highest BCUT2D eigenvalue weighted by Gasteiger charge is 2.56. The molecule has 1 saturated heterocycles. The third-order valence-corrected chi connectivity index (χ3v) is 4.82. The predicted octanol–water partition coefficient (Wildman–Crippen LogP) is 0.421. The van der Waals surface area contributed by atoms with Gasteiger partial charge in [-0.3, -0.25) is 9.32 Å². The summed E-state index contributed by atoms with van der Waals surface area (Å²) < 4.78 is 27.5. The molecule has 2 fully saturated rings. The Bertz CT molecular complexity index is 629.